The Hall–Kier alpha value is -0.970. The van der Waals surface area contributed by atoms with Crippen molar-refractivity contribution in [3.8, 4) is 0 Å². The van der Waals surface area contributed by atoms with E-state index in [0.29, 0.717) is 19.2 Å². The van der Waals surface area contributed by atoms with Gasteiger partial charge in [-0.05, 0) is 43.5 Å². The lowest BCUT2D eigenvalue weighted by Gasteiger charge is -2.29. The van der Waals surface area contributed by atoms with Crippen LogP contribution in [0.3, 0.4) is 0 Å². The molecule has 106 valence electrons. The molecule has 1 aromatic carbocycles. The molecule has 0 aliphatic carbocycles. The van der Waals surface area contributed by atoms with Crippen molar-refractivity contribution in [3.05, 3.63) is 35.1 Å². The third kappa shape index (κ3) is 3.75. The summed E-state index contributed by atoms with van der Waals surface area (Å²) >= 11 is 0. The highest BCUT2D eigenvalue weighted by atomic mass is 19.1. The number of hydrogen-bond acceptors (Lipinski definition) is 3. The second-order valence-corrected chi connectivity index (χ2v) is 5.26. The van der Waals surface area contributed by atoms with Gasteiger partial charge in [0.15, 0.2) is 0 Å². The summed E-state index contributed by atoms with van der Waals surface area (Å²) in [6.45, 7) is 6.87. The van der Waals surface area contributed by atoms with Gasteiger partial charge in [0.25, 0.3) is 0 Å². The first kappa shape index (κ1) is 14.4. The Kier molecular flexibility index (Phi) is 4.91. The number of aliphatic hydroxyl groups excluding tert-OH is 1. The van der Waals surface area contributed by atoms with Crippen molar-refractivity contribution < 1.29 is 14.2 Å². The van der Waals surface area contributed by atoms with Crippen molar-refractivity contribution >= 4 is 0 Å². The summed E-state index contributed by atoms with van der Waals surface area (Å²) < 4.78 is 18.5. The van der Waals surface area contributed by atoms with Crippen LogP contribution < -0.4 is 0 Å². The lowest BCUT2D eigenvalue weighted by Crippen LogP contribution is -2.37. The quantitative estimate of drug-likeness (QED) is 0.912. The molecular weight excluding hydrogens is 245 g/mol. The van der Waals surface area contributed by atoms with Gasteiger partial charge in [-0.25, -0.2) is 4.39 Å². The number of aliphatic hydroxyl groups is 1. The molecule has 0 amide bonds. The minimum absolute atomic E-state index is 0.259. The normalized spacial score (nSPS) is 23.1. The average Bonchev–Trinajstić information content (AvgIpc) is 2.55. The second kappa shape index (κ2) is 6.46. The van der Waals surface area contributed by atoms with E-state index in [4.69, 9.17) is 4.74 Å². The smallest absolute Gasteiger partial charge is 0.123 e. The first-order valence-corrected chi connectivity index (χ1v) is 6.84. The van der Waals surface area contributed by atoms with Crippen LogP contribution in [0, 0.1) is 12.7 Å². The van der Waals surface area contributed by atoms with Crippen molar-refractivity contribution in [2.45, 2.75) is 32.4 Å². The monoisotopic (exact) mass is 267 g/mol. The van der Waals surface area contributed by atoms with Crippen LogP contribution in [0.4, 0.5) is 4.39 Å². The van der Waals surface area contributed by atoms with Gasteiger partial charge >= 0.3 is 0 Å². The summed E-state index contributed by atoms with van der Waals surface area (Å²) in [4.78, 5) is 2.24. The molecule has 1 N–H and O–H groups in total. The highest BCUT2D eigenvalue weighted by Gasteiger charge is 2.21. The molecule has 0 radical (unpaired) electrons. The summed E-state index contributed by atoms with van der Waals surface area (Å²) in [7, 11) is 0. The fourth-order valence-electron chi connectivity index (χ4n) is 2.55. The molecule has 3 nitrogen and oxygen atoms in total. The highest BCUT2D eigenvalue weighted by molar-refractivity contribution is 5.28. The second-order valence-electron chi connectivity index (χ2n) is 5.26. The summed E-state index contributed by atoms with van der Waals surface area (Å²) in [5, 5.41) is 10.3. The van der Waals surface area contributed by atoms with E-state index < -0.39 is 6.10 Å². The Morgan fingerprint density at radius 1 is 1.47 bits per heavy atom. The molecular formula is C15H22FNO2. The van der Waals surface area contributed by atoms with E-state index in [1.807, 2.05) is 6.92 Å². The Bertz CT molecular complexity index is 425. The van der Waals surface area contributed by atoms with Gasteiger partial charge in [-0.15, -0.1) is 0 Å². The summed E-state index contributed by atoms with van der Waals surface area (Å²) in [5.74, 6) is -0.259. The number of aryl methyl sites for hydroxylation is 1. The van der Waals surface area contributed by atoms with Gasteiger partial charge in [-0.2, -0.15) is 0 Å². The molecule has 0 aromatic heterocycles. The number of nitrogens with zero attached hydrogens (tertiary/aromatic N) is 1. The maximum atomic E-state index is 13.1. The summed E-state index contributed by atoms with van der Waals surface area (Å²) in [5.41, 5.74) is 1.60. The van der Waals surface area contributed by atoms with Gasteiger partial charge in [0.05, 0.1) is 12.7 Å². The molecule has 1 fully saturated rings. The molecule has 1 aromatic rings. The molecule has 19 heavy (non-hydrogen) atoms. The van der Waals surface area contributed by atoms with Crippen LogP contribution >= 0.6 is 0 Å². The Labute approximate surface area is 114 Å². The molecule has 2 atom stereocenters. The Morgan fingerprint density at radius 3 is 3.00 bits per heavy atom. The van der Waals surface area contributed by atoms with E-state index in [2.05, 4.69) is 11.8 Å². The van der Waals surface area contributed by atoms with Crippen molar-refractivity contribution in [3.63, 3.8) is 0 Å². The molecule has 1 heterocycles. The van der Waals surface area contributed by atoms with Gasteiger partial charge in [0, 0.05) is 25.7 Å². The zero-order valence-electron chi connectivity index (χ0n) is 11.6. The van der Waals surface area contributed by atoms with Gasteiger partial charge < -0.3 is 9.84 Å². The summed E-state index contributed by atoms with van der Waals surface area (Å²) in [6.07, 6.45) is 0.399. The number of ether oxygens (including phenoxy) is 1. The van der Waals surface area contributed by atoms with Crippen LogP contribution in [0.25, 0.3) is 0 Å². The van der Waals surface area contributed by atoms with Crippen LogP contribution in [-0.4, -0.2) is 42.4 Å². The van der Waals surface area contributed by atoms with Gasteiger partial charge in [0.2, 0.25) is 0 Å². The third-order valence-electron chi connectivity index (χ3n) is 3.82. The topological polar surface area (TPSA) is 32.7 Å². The van der Waals surface area contributed by atoms with Crippen molar-refractivity contribution in [2.24, 2.45) is 0 Å². The maximum absolute atomic E-state index is 13.1. The van der Waals surface area contributed by atoms with Gasteiger partial charge in [-0.3, -0.25) is 4.90 Å². The number of hydrogen-bond donors (Lipinski definition) is 1. The van der Waals surface area contributed by atoms with Gasteiger partial charge in [0.1, 0.15) is 5.82 Å². The number of β-amino-alcohol motifs (C(OH)–C–C–N with tert-alkyl or cyclic N) is 1. The van der Waals surface area contributed by atoms with Crippen LogP contribution in [0.15, 0.2) is 18.2 Å². The van der Waals surface area contributed by atoms with E-state index in [9.17, 15) is 9.50 Å². The lowest BCUT2D eigenvalue weighted by molar-refractivity contribution is 0.0880. The fraction of sp³-hybridized carbons (Fsp3) is 0.600. The molecule has 2 unspecified atom stereocenters. The van der Waals surface area contributed by atoms with E-state index in [0.717, 1.165) is 30.7 Å². The predicted molar refractivity (Wildman–Crippen MR) is 72.6 cm³/mol. The van der Waals surface area contributed by atoms with E-state index in [-0.39, 0.29) is 5.82 Å². The predicted octanol–water partition coefficient (Wildman–Crippen LogP) is 2.28. The SMILES string of the molecule is Cc1cc(F)ccc1C(O)CN1CCOCCC1C. The number of rotatable bonds is 3. The first-order valence-electron chi connectivity index (χ1n) is 6.84. The summed E-state index contributed by atoms with van der Waals surface area (Å²) in [6, 6.07) is 4.94. The molecule has 1 aliphatic rings. The molecule has 0 saturated carbocycles. The van der Waals surface area contributed by atoms with E-state index in [1.54, 1.807) is 6.07 Å². The maximum Gasteiger partial charge on any atom is 0.123 e. The highest BCUT2D eigenvalue weighted by Crippen LogP contribution is 2.21. The van der Waals surface area contributed by atoms with Gasteiger partial charge in [-0.1, -0.05) is 6.07 Å². The third-order valence-corrected chi connectivity index (χ3v) is 3.82. The number of benzene rings is 1. The first-order chi connectivity index (χ1) is 9.08. The van der Waals surface area contributed by atoms with Crippen LogP contribution in [0.2, 0.25) is 0 Å². The van der Waals surface area contributed by atoms with Crippen molar-refractivity contribution in [1.82, 2.24) is 4.90 Å². The zero-order valence-corrected chi connectivity index (χ0v) is 11.6. The number of halogens is 1. The molecule has 2 rings (SSSR count). The van der Waals surface area contributed by atoms with Crippen molar-refractivity contribution in [1.29, 1.82) is 0 Å². The Balaban J connectivity index is 2.04. The van der Waals surface area contributed by atoms with Crippen LogP contribution in [0.5, 0.6) is 0 Å². The Morgan fingerprint density at radius 2 is 2.26 bits per heavy atom. The minimum atomic E-state index is -0.582. The molecule has 0 bridgehead atoms. The lowest BCUT2D eigenvalue weighted by atomic mass is 10.0. The average molecular weight is 267 g/mol. The molecule has 1 aliphatic heterocycles. The zero-order chi connectivity index (χ0) is 13.8. The van der Waals surface area contributed by atoms with E-state index >= 15 is 0 Å². The minimum Gasteiger partial charge on any atom is -0.387 e. The van der Waals surface area contributed by atoms with Crippen LogP contribution in [-0.2, 0) is 4.74 Å². The molecule has 4 heteroatoms. The molecule has 1 saturated heterocycles. The largest absolute Gasteiger partial charge is 0.387 e. The van der Waals surface area contributed by atoms with Crippen molar-refractivity contribution in [2.75, 3.05) is 26.3 Å². The standard InChI is InChI=1S/C15H22FNO2/c1-11-9-13(16)3-4-14(11)15(18)10-17-6-8-19-7-5-12(17)2/h3-4,9,12,15,18H,5-8,10H2,1-2H3. The van der Waals surface area contributed by atoms with Crippen LogP contribution in [0.1, 0.15) is 30.6 Å². The van der Waals surface area contributed by atoms with E-state index in [1.165, 1.54) is 12.1 Å². The fourth-order valence-corrected chi connectivity index (χ4v) is 2.55. The molecule has 0 spiro atoms.